The van der Waals surface area contributed by atoms with Gasteiger partial charge in [0.2, 0.25) is 0 Å². The molecule has 0 aromatic heterocycles. The number of hydrogen-bond donors (Lipinski definition) is 0. The highest BCUT2D eigenvalue weighted by molar-refractivity contribution is 6.01. The Kier molecular flexibility index (Phi) is 1.87. The minimum absolute atomic E-state index is 0.102. The Morgan fingerprint density at radius 3 is 2.00 bits per heavy atom. The normalized spacial score (nSPS) is 21.1. The van der Waals surface area contributed by atoms with Crippen LogP contribution in [0.2, 0.25) is 0 Å². The molecule has 74 valence electrons. The summed E-state index contributed by atoms with van der Waals surface area (Å²) in [5.41, 5.74) is 0.0114. The second-order valence-corrected chi connectivity index (χ2v) is 3.34. The van der Waals surface area contributed by atoms with Gasteiger partial charge < -0.3 is 0 Å². The number of carbonyl (C=O) groups excluding carboxylic acids is 1. The Morgan fingerprint density at radius 1 is 1.14 bits per heavy atom. The van der Waals surface area contributed by atoms with E-state index >= 15 is 0 Å². The first-order chi connectivity index (χ1) is 6.48. The Bertz CT molecular complexity index is 364. The zero-order valence-corrected chi connectivity index (χ0v) is 7.14. The van der Waals surface area contributed by atoms with E-state index in [0.717, 1.165) is 12.1 Å². The molecule has 0 saturated heterocycles. The molecule has 4 heteroatoms. The number of alkyl halides is 3. The Morgan fingerprint density at radius 2 is 1.64 bits per heavy atom. The molecular weight excluding hydrogens is 193 g/mol. The van der Waals surface area contributed by atoms with E-state index in [2.05, 4.69) is 0 Å². The Labute approximate surface area is 78.5 Å². The molecule has 0 bridgehead atoms. The fourth-order valence-corrected chi connectivity index (χ4v) is 1.35. The van der Waals surface area contributed by atoms with Gasteiger partial charge in [-0.2, -0.15) is 13.2 Å². The smallest absolute Gasteiger partial charge is 0.299 e. The predicted molar refractivity (Wildman–Crippen MR) is 43.8 cm³/mol. The van der Waals surface area contributed by atoms with Gasteiger partial charge >= 0.3 is 6.18 Å². The lowest BCUT2D eigenvalue weighted by molar-refractivity contribution is -0.137. The highest BCUT2D eigenvalue weighted by Crippen LogP contribution is 2.37. The monoisotopic (exact) mass is 200 g/mol. The molecule has 0 N–H and O–H groups in total. The van der Waals surface area contributed by atoms with Gasteiger partial charge in [0, 0.05) is 12.3 Å². The molecule has 1 fully saturated rings. The molecule has 1 aromatic carbocycles. The van der Waals surface area contributed by atoms with Crippen molar-refractivity contribution in [3.8, 4) is 0 Å². The summed E-state index contributed by atoms with van der Waals surface area (Å²) in [6.07, 6.45) is -3.84. The van der Waals surface area contributed by atoms with Crippen molar-refractivity contribution in [1.29, 1.82) is 0 Å². The molecule has 0 heterocycles. The molecule has 1 saturated carbocycles. The van der Waals surface area contributed by atoms with Crippen molar-refractivity contribution >= 4 is 5.78 Å². The van der Waals surface area contributed by atoms with Crippen LogP contribution in [-0.2, 0) is 11.0 Å². The van der Waals surface area contributed by atoms with Gasteiger partial charge in [0.05, 0.1) is 5.56 Å². The van der Waals surface area contributed by atoms with Crippen LogP contribution in [0, 0.1) is 0 Å². The lowest BCUT2D eigenvalue weighted by Crippen LogP contribution is -2.04. The minimum Gasteiger partial charge on any atom is -0.299 e. The fraction of sp³-hybridized carbons (Fsp3) is 0.300. The fourth-order valence-electron chi connectivity index (χ4n) is 1.35. The zero-order valence-electron chi connectivity index (χ0n) is 7.14. The Balaban J connectivity index is 2.22. The number of carbonyl (C=O) groups is 1. The molecule has 0 aliphatic heterocycles. The van der Waals surface area contributed by atoms with Crippen molar-refractivity contribution < 1.29 is 18.0 Å². The lowest BCUT2D eigenvalue weighted by Gasteiger charge is -2.06. The maximum Gasteiger partial charge on any atom is 0.416 e. The average Bonchev–Trinajstić information content (AvgIpc) is 2.81. The molecule has 0 unspecified atom stereocenters. The maximum absolute atomic E-state index is 12.1. The molecule has 1 aliphatic rings. The summed E-state index contributed by atoms with van der Waals surface area (Å²) >= 11 is 0. The van der Waals surface area contributed by atoms with E-state index < -0.39 is 11.7 Å². The number of ketones is 1. The number of hydrogen-bond acceptors (Lipinski definition) is 1. The van der Waals surface area contributed by atoms with Gasteiger partial charge in [-0.05, 0) is 17.7 Å². The van der Waals surface area contributed by atoms with Crippen molar-refractivity contribution in [2.24, 2.45) is 0 Å². The standard InChI is InChI=1S/C10H7F3O/c11-10(12,13)7-3-1-6(2-4-7)8-5-9(8)14/h1-4,8H,5H2/t8-/m1/s1. The first-order valence-electron chi connectivity index (χ1n) is 4.18. The quantitative estimate of drug-likeness (QED) is 0.681. The van der Waals surface area contributed by atoms with Crippen LogP contribution in [0.15, 0.2) is 24.3 Å². The number of benzene rings is 1. The molecule has 0 radical (unpaired) electrons. The summed E-state index contributed by atoms with van der Waals surface area (Å²) in [5, 5.41) is 0. The number of Topliss-reactive ketones (excluding diaryl/α,β-unsaturated/α-hetero) is 1. The van der Waals surface area contributed by atoms with Gasteiger partial charge in [-0.3, -0.25) is 4.79 Å². The van der Waals surface area contributed by atoms with Crippen molar-refractivity contribution in [2.75, 3.05) is 0 Å². The van der Waals surface area contributed by atoms with E-state index in [0.29, 0.717) is 12.0 Å². The molecular formula is C10H7F3O. The second-order valence-electron chi connectivity index (χ2n) is 3.34. The molecule has 0 amide bonds. The highest BCUT2D eigenvalue weighted by Gasteiger charge is 2.37. The molecule has 1 nitrogen and oxygen atoms in total. The van der Waals surface area contributed by atoms with Crippen LogP contribution in [-0.4, -0.2) is 5.78 Å². The molecule has 1 aromatic rings. The summed E-state index contributed by atoms with van der Waals surface area (Å²) in [5.74, 6) is -0.0537. The zero-order chi connectivity index (χ0) is 10.3. The van der Waals surface area contributed by atoms with Crippen LogP contribution >= 0.6 is 0 Å². The summed E-state index contributed by atoms with van der Waals surface area (Å²) in [7, 11) is 0. The lowest BCUT2D eigenvalue weighted by atomic mass is 10.1. The maximum atomic E-state index is 12.1. The third kappa shape index (κ3) is 1.64. The molecule has 14 heavy (non-hydrogen) atoms. The number of halogens is 3. The van der Waals surface area contributed by atoms with Gasteiger partial charge in [-0.25, -0.2) is 0 Å². The van der Waals surface area contributed by atoms with Gasteiger partial charge in [0.25, 0.3) is 0 Å². The van der Waals surface area contributed by atoms with E-state index in [1.54, 1.807) is 0 Å². The van der Waals surface area contributed by atoms with E-state index in [-0.39, 0.29) is 11.7 Å². The molecule has 2 rings (SSSR count). The topological polar surface area (TPSA) is 17.1 Å². The predicted octanol–water partition coefficient (Wildman–Crippen LogP) is 2.76. The van der Waals surface area contributed by atoms with Crippen molar-refractivity contribution in [1.82, 2.24) is 0 Å². The summed E-state index contributed by atoms with van der Waals surface area (Å²) < 4.78 is 36.4. The molecule has 1 aliphatic carbocycles. The summed E-state index contributed by atoms with van der Waals surface area (Å²) in [6, 6.07) is 4.78. The van der Waals surface area contributed by atoms with Crippen molar-refractivity contribution in [3.05, 3.63) is 35.4 Å². The third-order valence-corrected chi connectivity index (χ3v) is 2.27. The van der Waals surface area contributed by atoms with Gasteiger partial charge in [-0.15, -0.1) is 0 Å². The van der Waals surface area contributed by atoms with Crippen LogP contribution in [0.4, 0.5) is 13.2 Å². The van der Waals surface area contributed by atoms with Crippen LogP contribution in [0.5, 0.6) is 0 Å². The molecule has 1 atom stereocenters. The van der Waals surface area contributed by atoms with E-state index in [1.807, 2.05) is 0 Å². The van der Waals surface area contributed by atoms with Gasteiger partial charge in [0.1, 0.15) is 5.78 Å². The van der Waals surface area contributed by atoms with Crippen LogP contribution in [0.1, 0.15) is 23.5 Å². The largest absolute Gasteiger partial charge is 0.416 e. The third-order valence-electron chi connectivity index (χ3n) is 2.27. The van der Waals surface area contributed by atoms with Gasteiger partial charge in [0.15, 0.2) is 0 Å². The molecule has 0 spiro atoms. The van der Waals surface area contributed by atoms with Gasteiger partial charge in [-0.1, -0.05) is 12.1 Å². The van der Waals surface area contributed by atoms with Crippen LogP contribution < -0.4 is 0 Å². The highest BCUT2D eigenvalue weighted by atomic mass is 19.4. The second kappa shape index (κ2) is 2.83. The van der Waals surface area contributed by atoms with E-state index in [1.165, 1.54) is 12.1 Å². The van der Waals surface area contributed by atoms with Crippen LogP contribution in [0.25, 0.3) is 0 Å². The minimum atomic E-state index is -4.30. The Hall–Kier alpha value is -1.32. The van der Waals surface area contributed by atoms with E-state index in [4.69, 9.17) is 0 Å². The van der Waals surface area contributed by atoms with Crippen molar-refractivity contribution in [3.63, 3.8) is 0 Å². The van der Waals surface area contributed by atoms with Crippen LogP contribution in [0.3, 0.4) is 0 Å². The summed E-state index contributed by atoms with van der Waals surface area (Å²) in [4.78, 5) is 10.7. The van der Waals surface area contributed by atoms with Crippen molar-refractivity contribution in [2.45, 2.75) is 18.5 Å². The van der Waals surface area contributed by atoms with E-state index in [9.17, 15) is 18.0 Å². The average molecular weight is 200 g/mol. The number of rotatable bonds is 1. The first kappa shape index (κ1) is 9.24. The first-order valence-corrected chi connectivity index (χ1v) is 4.18. The summed E-state index contributed by atoms with van der Waals surface area (Å²) in [6.45, 7) is 0. The SMILES string of the molecule is O=C1C[C@@H]1c1ccc(C(F)(F)F)cc1.